The minimum Gasteiger partial charge on any atom is -0.491 e. The molecule has 0 saturated carbocycles. The fourth-order valence-electron chi connectivity index (χ4n) is 1.67. The number of nitrogens with zero attached hydrogens (tertiary/aromatic N) is 1. The first-order valence-corrected chi connectivity index (χ1v) is 6.24. The molecule has 0 saturated heterocycles. The molecular weight excluding hydrogens is 257 g/mol. The minimum absolute atomic E-state index is 0.217. The van der Waals surface area contributed by atoms with Crippen LogP contribution in [0.5, 0.6) is 5.75 Å². The molecule has 3 nitrogen and oxygen atoms in total. The average Bonchev–Trinajstić information content (AvgIpc) is 2.49. The maximum absolute atomic E-state index is 13.3. The van der Waals surface area contributed by atoms with Gasteiger partial charge in [-0.1, -0.05) is 24.3 Å². The first kappa shape index (κ1) is 14.0. The van der Waals surface area contributed by atoms with Crippen molar-refractivity contribution in [3.8, 4) is 11.8 Å². The van der Waals surface area contributed by atoms with Gasteiger partial charge < -0.3 is 9.47 Å². The van der Waals surface area contributed by atoms with Crippen LogP contribution in [0.15, 0.2) is 48.5 Å². The van der Waals surface area contributed by atoms with Crippen LogP contribution in [0.3, 0.4) is 0 Å². The topological polar surface area (TPSA) is 42.2 Å². The Kier molecular flexibility index (Phi) is 5.10. The third-order valence-electron chi connectivity index (χ3n) is 2.67. The van der Waals surface area contributed by atoms with Crippen LogP contribution in [0.25, 0.3) is 0 Å². The van der Waals surface area contributed by atoms with Gasteiger partial charge in [0.25, 0.3) is 0 Å². The zero-order chi connectivity index (χ0) is 14.2. The molecule has 0 atom stereocenters. The highest BCUT2D eigenvalue weighted by Gasteiger charge is 2.00. The number of hydrogen-bond acceptors (Lipinski definition) is 3. The van der Waals surface area contributed by atoms with E-state index in [2.05, 4.69) is 0 Å². The summed E-state index contributed by atoms with van der Waals surface area (Å²) in [5, 5.41) is 8.76. The Hall–Kier alpha value is -2.38. The second kappa shape index (κ2) is 7.27. The lowest BCUT2D eigenvalue weighted by molar-refractivity contribution is 0.0872. The van der Waals surface area contributed by atoms with Crippen LogP contribution in [-0.4, -0.2) is 13.2 Å². The molecule has 0 heterocycles. The Balaban J connectivity index is 1.72. The van der Waals surface area contributed by atoms with Crippen molar-refractivity contribution < 1.29 is 13.9 Å². The highest BCUT2D eigenvalue weighted by atomic mass is 19.1. The van der Waals surface area contributed by atoms with E-state index >= 15 is 0 Å². The van der Waals surface area contributed by atoms with Gasteiger partial charge in [0.15, 0.2) is 0 Å². The Bertz CT molecular complexity index is 607. The summed E-state index contributed by atoms with van der Waals surface area (Å²) in [6.45, 7) is 0.919. The molecular formula is C16H14FNO2. The second-order valence-corrected chi connectivity index (χ2v) is 4.13. The van der Waals surface area contributed by atoms with E-state index in [1.807, 2.05) is 6.07 Å². The van der Waals surface area contributed by atoms with Crippen LogP contribution >= 0.6 is 0 Å². The van der Waals surface area contributed by atoms with Gasteiger partial charge in [-0.15, -0.1) is 0 Å². The fourth-order valence-corrected chi connectivity index (χ4v) is 1.67. The predicted molar refractivity (Wildman–Crippen MR) is 72.7 cm³/mol. The van der Waals surface area contributed by atoms with E-state index in [-0.39, 0.29) is 12.4 Å². The number of hydrogen-bond donors (Lipinski definition) is 0. The van der Waals surface area contributed by atoms with E-state index in [0.29, 0.717) is 30.1 Å². The predicted octanol–water partition coefficient (Wildman–Crippen LogP) is 3.29. The fraction of sp³-hybridized carbons (Fsp3) is 0.188. The molecule has 2 aromatic carbocycles. The molecule has 0 aliphatic rings. The molecule has 0 bridgehead atoms. The lowest BCUT2D eigenvalue weighted by Crippen LogP contribution is -2.07. The number of nitriles is 1. The number of rotatable bonds is 6. The summed E-state index contributed by atoms with van der Waals surface area (Å²) in [5.74, 6) is 0.355. The van der Waals surface area contributed by atoms with Gasteiger partial charge >= 0.3 is 0 Å². The molecule has 0 aromatic heterocycles. The zero-order valence-corrected chi connectivity index (χ0v) is 10.9. The minimum atomic E-state index is -0.268. The quantitative estimate of drug-likeness (QED) is 0.757. The largest absolute Gasteiger partial charge is 0.491 e. The molecule has 0 radical (unpaired) electrons. The highest BCUT2D eigenvalue weighted by Crippen LogP contribution is 2.12. The molecule has 2 rings (SSSR count). The Morgan fingerprint density at radius 1 is 1.05 bits per heavy atom. The summed E-state index contributed by atoms with van der Waals surface area (Å²) < 4.78 is 24.1. The Morgan fingerprint density at radius 3 is 2.70 bits per heavy atom. The molecule has 20 heavy (non-hydrogen) atoms. The van der Waals surface area contributed by atoms with Gasteiger partial charge in [0.05, 0.1) is 24.8 Å². The van der Waals surface area contributed by atoms with Crippen molar-refractivity contribution in [3.63, 3.8) is 0 Å². The summed E-state index contributed by atoms with van der Waals surface area (Å²) in [4.78, 5) is 0. The Labute approximate surface area is 117 Å². The summed E-state index contributed by atoms with van der Waals surface area (Å²) in [6.07, 6.45) is 0. The molecule has 0 N–H and O–H groups in total. The molecule has 0 aliphatic carbocycles. The van der Waals surface area contributed by atoms with Crippen LogP contribution in [0.1, 0.15) is 11.1 Å². The van der Waals surface area contributed by atoms with E-state index in [0.717, 1.165) is 0 Å². The van der Waals surface area contributed by atoms with Crippen LogP contribution in [0.4, 0.5) is 4.39 Å². The van der Waals surface area contributed by atoms with Crippen molar-refractivity contribution in [1.82, 2.24) is 0 Å². The van der Waals surface area contributed by atoms with Crippen LogP contribution in [0.2, 0.25) is 0 Å². The molecule has 0 aliphatic heterocycles. The molecule has 0 fully saturated rings. The van der Waals surface area contributed by atoms with Gasteiger partial charge in [-0.3, -0.25) is 0 Å². The van der Waals surface area contributed by atoms with Gasteiger partial charge in [0.2, 0.25) is 0 Å². The molecule has 0 amide bonds. The second-order valence-electron chi connectivity index (χ2n) is 4.13. The third kappa shape index (κ3) is 4.08. The smallest absolute Gasteiger partial charge is 0.128 e. The number of halogens is 1. The number of ether oxygens (including phenoxy) is 2. The van der Waals surface area contributed by atoms with E-state index < -0.39 is 0 Å². The first-order valence-electron chi connectivity index (χ1n) is 6.24. The van der Waals surface area contributed by atoms with Crippen molar-refractivity contribution in [1.29, 1.82) is 5.26 Å². The van der Waals surface area contributed by atoms with E-state index in [4.69, 9.17) is 14.7 Å². The monoisotopic (exact) mass is 271 g/mol. The van der Waals surface area contributed by atoms with Crippen molar-refractivity contribution in [2.75, 3.05) is 13.2 Å². The molecule has 2 aromatic rings. The molecule has 0 unspecified atom stereocenters. The van der Waals surface area contributed by atoms with Crippen molar-refractivity contribution in [2.45, 2.75) is 6.61 Å². The van der Waals surface area contributed by atoms with E-state index in [1.165, 1.54) is 6.07 Å². The van der Waals surface area contributed by atoms with Crippen LogP contribution < -0.4 is 4.74 Å². The maximum Gasteiger partial charge on any atom is 0.128 e. The van der Waals surface area contributed by atoms with E-state index in [1.54, 1.807) is 42.5 Å². The Morgan fingerprint density at radius 2 is 1.90 bits per heavy atom. The summed E-state index contributed by atoms with van der Waals surface area (Å²) in [6, 6.07) is 15.5. The summed E-state index contributed by atoms with van der Waals surface area (Å²) in [7, 11) is 0. The number of benzene rings is 2. The molecule has 0 spiro atoms. The summed E-state index contributed by atoms with van der Waals surface area (Å²) >= 11 is 0. The average molecular weight is 271 g/mol. The lowest BCUT2D eigenvalue weighted by atomic mass is 10.2. The zero-order valence-electron chi connectivity index (χ0n) is 10.9. The van der Waals surface area contributed by atoms with Gasteiger partial charge in [-0.05, 0) is 24.3 Å². The normalized spacial score (nSPS) is 10.0. The van der Waals surface area contributed by atoms with Gasteiger partial charge in [-0.2, -0.15) is 5.26 Å². The van der Waals surface area contributed by atoms with Gasteiger partial charge in [-0.25, -0.2) is 4.39 Å². The molecule has 4 heteroatoms. The SMILES string of the molecule is N#Cc1cccc(OCCOCc2ccccc2F)c1. The van der Waals surface area contributed by atoms with E-state index in [9.17, 15) is 4.39 Å². The molecule has 102 valence electrons. The van der Waals surface area contributed by atoms with Crippen LogP contribution in [-0.2, 0) is 11.3 Å². The first-order chi connectivity index (χ1) is 9.79. The standard InChI is InChI=1S/C16H14FNO2/c17-16-7-2-1-5-14(16)12-19-8-9-20-15-6-3-4-13(10-15)11-18/h1-7,10H,8-9,12H2. The third-order valence-corrected chi connectivity index (χ3v) is 2.67. The lowest BCUT2D eigenvalue weighted by Gasteiger charge is -2.08. The van der Waals surface area contributed by atoms with Crippen molar-refractivity contribution in [3.05, 3.63) is 65.5 Å². The maximum atomic E-state index is 13.3. The van der Waals surface area contributed by atoms with Crippen molar-refractivity contribution in [2.24, 2.45) is 0 Å². The van der Waals surface area contributed by atoms with Gasteiger partial charge in [0, 0.05) is 5.56 Å². The van der Waals surface area contributed by atoms with Gasteiger partial charge in [0.1, 0.15) is 18.2 Å². The van der Waals surface area contributed by atoms with Crippen molar-refractivity contribution >= 4 is 0 Å². The highest BCUT2D eigenvalue weighted by molar-refractivity contribution is 5.36. The summed E-state index contributed by atoms with van der Waals surface area (Å²) in [5.41, 5.74) is 1.08. The van der Waals surface area contributed by atoms with Crippen LogP contribution in [0, 0.1) is 17.1 Å².